The number of aromatic amines is 1. The molecule has 2 heterocycles. The van der Waals surface area contributed by atoms with Crippen molar-refractivity contribution in [1.82, 2.24) is 19.6 Å². The molecule has 152 valence electrons. The van der Waals surface area contributed by atoms with Crippen LogP contribution in [0, 0.1) is 11.2 Å². The summed E-state index contributed by atoms with van der Waals surface area (Å²) in [5.74, 6) is -0.593. The number of hydrogen-bond donors (Lipinski definition) is 2. The number of carbonyl (C=O) groups is 1. The maximum absolute atomic E-state index is 14.2. The van der Waals surface area contributed by atoms with Crippen LogP contribution in [0.15, 0.2) is 36.8 Å². The van der Waals surface area contributed by atoms with Crippen molar-refractivity contribution in [3.63, 3.8) is 0 Å². The minimum Gasteiger partial charge on any atom is -0.355 e. The summed E-state index contributed by atoms with van der Waals surface area (Å²) < 4.78 is 40.1. The number of amides is 1. The fourth-order valence-corrected chi connectivity index (χ4v) is 5.14. The number of rotatable bonds is 9. The topological polar surface area (TPSA) is 95.2 Å². The molecule has 0 atom stereocenters. The fraction of sp³-hybridized carbons (Fsp3) is 0.474. The number of imidazole rings is 1. The zero-order chi connectivity index (χ0) is 20.2. The van der Waals surface area contributed by atoms with Crippen molar-refractivity contribution in [2.24, 2.45) is 5.41 Å². The van der Waals surface area contributed by atoms with Crippen molar-refractivity contribution in [2.75, 3.05) is 25.4 Å². The van der Waals surface area contributed by atoms with Gasteiger partial charge in [-0.05, 0) is 24.5 Å². The van der Waals surface area contributed by atoms with E-state index in [9.17, 15) is 17.6 Å². The van der Waals surface area contributed by atoms with Crippen LogP contribution in [0.3, 0.4) is 0 Å². The van der Waals surface area contributed by atoms with Crippen LogP contribution < -0.4 is 5.32 Å². The average Bonchev–Trinajstić information content (AvgIpc) is 3.12. The van der Waals surface area contributed by atoms with Crippen molar-refractivity contribution >= 4 is 15.9 Å². The smallest absolute Gasteiger partial charge is 0.229 e. The fourth-order valence-electron chi connectivity index (χ4n) is 3.47. The van der Waals surface area contributed by atoms with Crippen molar-refractivity contribution in [1.29, 1.82) is 0 Å². The summed E-state index contributed by atoms with van der Waals surface area (Å²) in [6.07, 6.45) is 4.51. The van der Waals surface area contributed by atoms with E-state index in [-0.39, 0.29) is 37.0 Å². The summed E-state index contributed by atoms with van der Waals surface area (Å²) in [6, 6.07) is 6.29. The lowest BCUT2D eigenvalue weighted by atomic mass is 9.75. The second-order valence-electron chi connectivity index (χ2n) is 7.22. The number of halogens is 1. The van der Waals surface area contributed by atoms with Gasteiger partial charge in [0, 0.05) is 37.9 Å². The van der Waals surface area contributed by atoms with Crippen molar-refractivity contribution in [3.8, 4) is 0 Å². The lowest BCUT2D eigenvalue weighted by Crippen LogP contribution is -2.65. The van der Waals surface area contributed by atoms with Gasteiger partial charge < -0.3 is 10.3 Å². The molecule has 1 saturated heterocycles. The van der Waals surface area contributed by atoms with Gasteiger partial charge in [0.1, 0.15) is 5.82 Å². The number of aromatic nitrogens is 2. The van der Waals surface area contributed by atoms with E-state index in [0.717, 1.165) is 5.69 Å². The van der Waals surface area contributed by atoms with Gasteiger partial charge in [0.05, 0.1) is 17.5 Å². The third kappa shape index (κ3) is 4.41. The van der Waals surface area contributed by atoms with E-state index in [1.807, 2.05) is 0 Å². The molecule has 7 nitrogen and oxygen atoms in total. The Hall–Kier alpha value is -2.26. The van der Waals surface area contributed by atoms with E-state index in [2.05, 4.69) is 15.3 Å². The van der Waals surface area contributed by atoms with E-state index in [1.54, 1.807) is 37.6 Å². The third-order valence-electron chi connectivity index (χ3n) is 5.02. The molecule has 0 bridgehead atoms. The van der Waals surface area contributed by atoms with Gasteiger partial charge in [-0.1, -0.05) is 25.1 Å². The van der Waals surface area contributed by atoms with Crippen LogP contribution >= 0.6 is 0 Å². The van der Waals surface area contributed by atoms with Gasteiger partial charge in [-0.15, -0.1) is 0 Å². The number of nitrogens with one attached hydrogen (secondary N) is 2. The molecule has 1 aromatic carbocycles. The lowest BCUT2D eigenvalue weighted by Gasteiger charge is -2.48. The summed E-state index contributed by atoms with van der Waals surface area (Å²) in [4.78, 5) is 19.8. The molecule has 1 aliphatic heterocycles. The summed E-state index contributed by atoms with van der Waals surface area (Å²) in [6.45, 7) is 2.33. The number of benzene rings is 1. The van der Waals surface area contributed by atoms with Crippen LogP contribution in [0.4, 0.5) is 4.39 Å². The van der Waals surface area contributed by atoms with Crippen LogP contribution in [0.25, 0.3) is 0 Å². The van der Waals surface area contributed by atoms with Gasteiger partial charge in [0.25, 0.3) is 0 Å². The lowest BCUT2D eigenvalue weighted by molar-refractivity contribution is -0.137. The highest BCUT2D eigenvalue weighted by atomic mass is 32.2. The molecule has 28 heavy (non-hydrogen) atoms. The standard InChI is InChI=1S/C19H25FN4O3S/c1-2-9-28(26,27)24-12-19(13-24,10-15-5-3-4-6-17(15)20)18(25)22-8-7-16-11-21-14-23-16/h3-6,11,14H,2,7-10,12-13H2,1H3,(H,21,23)(H,22,25). The SMILES string of the molecule is CCCS(=O)(=O)N1CC(Cc2ccccc2F)(C(=O)NCCc2cnc[nH]2)C1. The molecule has 0 saturated carbocycles. The number of carbonyl (C=O) groups excluding carboxylic acids is 1. The molecule has 3 rings (SSSR count). The molecular formula is C19H25FN4O3S. The van der Waals surface area contributed by atoms with Crippen LogP contribution in [0.1, 0.15) is 24.6 Å². The number of H-pyrrole nitrogens is 1. The first-order valence-corrected chi connectivity index (χ1v) is 10.9. The molecule has 1 aliphatic rings. The Balaban J connectivity index is 1.72. The highest BCUT2D eigenvalue weighted by Gasteiger charge is 2.53. The first-order chi connectivity index (χ1) is 13.4. The maximum Gasteiger partial charge on any atom is 0.229 e. The number of sulfonamides is 1. The van der Waals surface area contributed by atoms with E-state index in [1.165, 1.54) is 10.4 Å². The van der Waals surface area contributed by atoms with E-state index < -0.39 is 15.4 Å². The number of nitrogens with zero attached hydrogens (tertiary/aromatic N) is 2. The minimum atomic E-state index is -3.39. The Bertz CT molecular complexity index is 909. The summed E-state index contributed by atoms with van der Waals surface area (Å²) in [5.41, 5.74) is 0.347. The first kappa shape index (κ1) is 20.5. The highest BCUT2D eigenvalue weighted by molar-refractivity contribution is 7.89. The van der Waals surface area contributed by atoms with Gasteiger partial charge in [0.2, 0.25) is 15.9 Å². The predicted octanol–water partition coefficient (Wildman–Crippen LogP) is 1.49. The second-order valence-corrected chi connectivity index (χ2v) is 9.30. The quantitative estimate of drug-likeness (QED) is 0.657. The summed E-state index contributed by atoms with van der Waals surface area (Å²) in [7, 11) is -3.39. The Morgan fingerprint density at radius 1 is 1.36 bits per heavy atom. The first-order valence-electron chi connectivity index (χ1n) is 9.33. The molecule has 0 aliphatic carbocycles. The molecule has 1 aromatic heterocycles. The Kier molecular flexibility index (Phi) is 6.14. The Labute approximate surface area is 164 Å². The second kappa shape index (κ2) is 8.40. The van der Waals surface area contributed by atoms with Crippen LogP contribution in [0.5, 0.6) is 0 Å². The van der Waals surface area contributed by atoms with Gasteiger partial charge >= 0.3 is 0 Å². The van der Waals surface area contributed by atoms with Crippen LogP contribution in [0.2, 0.25) is 0 Å². The molecule has 0 unspecified atom stereocenters. The molecule has 1 fully saturated rings. The van der Waals surface area contributed by atoms with Crippen molar-refractivity contribution in [2.45, 2.75) is 26.2 Å². The predicted molar refractivity (Wildman–Crippen MR) is 103 cm³/mol. The zero-order valence-electron chi connectivity index (χ0n) is 15.8. The monoisotopic (exact) mass is 408 g/mol. The highest BCUT2D eigenvalue weighted by Crippen LogP contribution is 2.37. The molecule has 0 spiro atoms. The normalized spacial score (nSPS) is 16.5. The van der Waals surface area contributed by atoms with Gasteiger partial charge in [-0.3, -0.25) is 4.79 Å². The van der Waals surface area contributed by atoms with Gasteiger partial charge in [-0.2, -0.15) is 4.31 Å². The van der Waals surface area contributed by atoms with Gasteiger partial charge in [0.15, 0.2) is 0 Å². The van der Waals surface area contributed by atoms with E-state index in [4.69, 9.17) is 0 Å². The van der Waals surface area contributed by atoms with Gasteiger partial charge in [-0.25, -0.2) is 17.8 Å². The average molecular weight is 408 g/mol. The van der Waals surface area contributed by atoms with E-state index >= 15 is 0 Å². The summed E-state index contributed by atoms with van der Waals surface area (Å²) in [5, 5.41) is 2.88. The zero-order valence-corrected chi connectivity index (χ0v) is 16.6. The number of hydrogen-bond acceptors (Lipinski definition) is 4. The summed E-state index contributed by atoms with van der Waals surface area (Å²) >= 11 is 0. The maximum atomic E-state index is 14.2. The van der Waals surface area contributed by atoms with Crippen molar-refractivity contribution in [3.05, 3.63) is 53.9 Å². The third-order valence-corrected chi connectivity index (χ3v) is 6.99. The Morgan fingerprint density at radius 2 is 2.11 bits per heavy atom. The molecule has 1 amide bonds. The molecule has 9 heteroatoms. The van der Waals surface area contributed by atoms with Crippen molar-refractivity contribution < 1.29 is 17.6 Å². The molecule has 2 aromatic rings. The molecular weight excluding hydrogens is 383 g/mol. The van der Waals surface area contributed by atoms with E-state index in [0.29, 0.717) is 24.9 Å². The van der Waals surface area contributed by atoms with Crippen LogP contribution in [-0.4, -0.2) is 54.0 Å². The largest absolute Gasteiger partial charge is 0.355 e. The van der Waals surface area contributed by atoms with Crippen LogP contribution in [-0.2, 0) is 27.7 Å². The molecule has 0 radical (unpaired) electrons. The molecule has 2 N–H and O–H groups in total. The Morgan fingerprint density at radius 3 is 2.75 bits per heavy atom. The minimum absolute atomic E-state index is 0.0459.